The largest absolute Gasteiger partial charge is 0.447 e. The summed E-state index contributed by atoms with van der Waals surface area (Å²) < 4.78 is 4.96. The van der Waals surface area contributed by atoms with Crippen LogP contribution in [0.1, 0.15) is 43.4 Å². The summed E-state index contributed by atoms with van der Waals surface area (Å²) in [5.41, 5.74) is 4.89. The van der Waals surface area contributed by atoms with E-state index in [1.807, 2.05) is 0 Å². The van der Waals surface area contributed by atoms with Gasteiger partial charge in [0.05, 0.1) is 6.04 Å². The first kappa shape index (κ1) is 17.1. The molecule has 2 saturated heterocycles. The van der Waals surface area contributed by atoms with E-state index < -0.39 is 0 Å². The fourth-order valence-electron chi connectivity index (χ4n) is 3.92. The number of hydrogen-bond donors (Lipinski definition) is 2. The maximum absolute atomic E-state index is 11.2. The van der Waals surface area contributed by atoms with Gasteiger partial charge in [-0.15, -0.1) is 0 Å². The van der Waals surface area contributed by atoms with Gasteiger partial charge in [-0.3, -0.25) is 0 Å². The molecule has 2 unspecified atom stereocenters. The van der Waals surface area contributed by atoms with Crippen LogP contribution in [0, 0.1) is 0 Å². The van der Waals surface area contributed by atoms with Gasteiger partial charge in [-0.1, -0.05) is 48.5 Å². The lowest BCUT2D eigenvalue weighted by Gasteiger charge is -2.12. The van der Waals surface area contributed by atoms with Gasteiger partial charge >= 0.3 is 6.09 Å². The van der Waals surface area contributed by atoms with Crippen LogP contribution in [0.4, 0.5) is 4.79 Å². The molecule has 4 heteroatoms. The third-order valence-electron chi connectivity index (χ3n) is 5.52. The van der Waals surface area contributed by atoms with Crippen LogP contribution in [-0.2, 0) is 11.2 Å². The molecule has 3 atom stereocenters. The summed E-state index contributed by atoms with van der Waals surface area (Å²) in [6.07, 6.45) is 4.62. The molecule has 2 fully saturated rings. The number of alkyl carbamates (subject to hydrolysis) is 1. The van der Waals surface area contributed by atoms with Gasteiger partial charge in [0.25, 0.3) is 0 Å². The lowest BCUT2D eigenvalue weighted by atomic mass is 9.98. The predicted molar refractivity (Wildman–Crippen MR) is 103 cm³/mol. The Morgan fingerprint density at radius 3 is 2.27 bits per heavy atom. The Morgan fingerprint density at radius 1 is 1.00 bits per heavy atom. The molecule has 0 saturated carbocycles. The van der Waals surface area contributed by atoms with Crippen molar-refractivity contribution in [2.75, 3.05) is 6.61 Å². The molecular formula is C22H26N2O2. The maximum Gasteiger partial charge on any atom is 0.407 e. The van der Waals surface area contributed by atoms with Gasteiger partial charge in [-0.25, -0.2) is 4.79 Å². The van der Waals surface area contributed by atoms with Crippen molar-refractivity contribution in [2.24, 2.45) is 0 Å². The molecular weight excluding hydrogens is 324 g/mol. The van der Waals surface area contributed by atoms with E-state index in [9.17, 15) is 4.79 Å². The molecule has 4 nitrogen and oxygen atoms in total. The van der Waals surface area contributed by atoms with Gasteiger partial charge in [-0.2, -0.15) is 0 Å². The van der Waals surface area contributed by atoms with Crippen LogP contribution >= 0.6 is 0 Å². The highest BCUT2D eigenvalue weighted by Gasteiger charge is 2.23. The first-order valence-corrected chi connectivity index (χ1v) is 9.56. The van der Waals surface area contributed by atoms with E-state index in [1.165, 1.54) is 36.0 Å². The Balaban J connectivity index is 1.36. The van der Waals surface area contributed by atoms with E-state index >= 15 is 0 Å². The minimum Gasteiger partial charge on any atom is -0.447 e. The van der Waals surface area contributed by atoms with E-state index in [-0.39, 0.29) is 12.1 Å². The highest BCUT2D eigenvalue weighted by molar-refractivity contribution is 5.70. The first-order chi connectivity index (χ1) is 12.7. The highest BCUT2D eigenvalue weighted by Crippen LogP contribution is 2.25. The number of amides is 1. The second-order valence-corrected chi connectivity index (χ2v) is 7.49. The summed E-state index contributed by atoms with van der Waals surface area (Å²) in [5.74, 6) is 0. The molecule has 2 aliphatic rings. The van der Waals surface area contributed by atoms with Crippen LogP contribution in [0.2, 0.25) is 0 Å². The monoisotopic (exact) mass is 350 g/mol. The third-order valence-corrected chi connectivity index (χ3v) is 5.52. The fraction of sp³-hybridized carbons (Fsp3) is 0.409. The van der Waals surface area contributed by atoms with Crippen molar-refractivity contribution >= 4 is 6.09 Å². The highest BCUT2D eigenvalue weighted by atomic mass is 16.6. The SMILES string of the molecule is C[C@@H]1CCC(CCc2ccc(-c3ccc(C4COC(=O)N4)cc3)cc2)N1. The predicted octanol–water partition coefficient (Wildman–Crippen LogP) is 4.21. The molecule has 26 heavy (non-hydrogen) atoms. The Hall–Kier alpha value is -2.33. The lowest BCUT2D eigenvalue weighted by molar-refractivity contribution is 0.177. The normalized spacial score (nSPS) is 25.1. The molecule has 0 radical (unpaired) electrons. The van der Waals surface area contributed by atoms with Crippen molar-refractivity contribution in [3.05, 3.63) is 59.7 Å². The summed E-state index contributed by atoms with van der Waals surface area (Å²) >= 11 is 0. The average molecular weight is 350 g/mol. The number of ether oxygens (including phenoxy) is 1. The number of benzene rings is 2. The number of carbonyl (C=O) groups excluding carboxylic acids is 1. The third kappa shape index (κ3) is 3.91. The van der Waals surface area contributed by atoms with Crippen LogP contribution in [0.15, 0.2) is 48.5 Å². The maximum atomic E-state index is 11.2. The van der Waals surface area contributed by atoms with Crippen LogP contribution in [0.5, 0.6) is 0 Å². The molecule has 2 heterocycles. The number of hydrogen-bond acceptors (Lipinski definition) is 3. The molecule has 0 bridgehead atoms. The summed E-state index contributed by atoms with van der Waals surface area (Å²) in [4.78, 5) is 11.2. The van der Waals surface area contributed by atoms with Gasteiger partial charge in [0.1, 0.15) is 6.61 Å². The van der Waals surface area contributed by atoms with E-state index in [0.29, 0.717) is 18.7 Å². The van der Waals surface area contributed by atoms with Crippen molar-refractivity contribution in [1.82, 2.24) is 10.6 Å². The van der Waals surface area contributed by atoms with E-state index in [1.54, 1.807) is 0 Å². The standard InChI is InChI=1S/C22H26N2O2/c1-15-2-12-20(23-15)13-5-16-3-6-17(7-4-16)18-8-10-19(11-9-18)21-14-26-22(25)24-21/h3-4,6-11,15,20-21,23H,2,5,12-14H2,1H3,(H,24,25)/t15-,20?,21?/m1/s1. The van der Waals surface area contributed by atoms with Crippen molar-refractivity contribution < 1.29 is 9.53 Å². The summed E-state index contributed by atoms with van der Waals surface area (Å²) in [6.45, 7) is 2.68. The molecule has 136 valence electrons. The smallest absolute Gasteiger partial charge is 0.407 e. The van der Waals surface area contributed by atoms with Gasteiger partial charge in [0.2, 0.25) is 0 Å². The zero-order chi connectivity index (χ0) is 17.9. The summed E-state index contributed by atoms with van der Waals surface area (Å²) in [6, 6.07) is 18.6. The number of cyclic esters (lactones) is 1. The lowest BCUT2D eigenvalue weighted by Crippen LogP contribution is -2.27. The fourth-order valence-corrected chi connectivity index (χ4v) is 3.92. The van der Waals surface area contributed by atoms with Gasteiger partial charge in [0.15, 0.2) is 0 Å². The van der Waals surface area contributed by atoms with Crippen LogP contribution < -0.4 is 10.6 Å². The van der Waals surface area contributed by atoms with Crippen molar-refractivity contribution in [3.63, 3.8) is 0 Å². The van der Waals surface area contributed by atoms with E-state index in [2.05, 4.69) is 66.1 Å². The molecule has 4 rings (SSSR count). The second-order valence-electron chi connectivity index (χ2n) is 7.49. The molecule has 0 aliphatic carbocycles. The summed E-state index contributed by atoms with van der Waals surface area (Å²) in [7, 11) is 0. The van der Waals surface area contributed by atoms with Gasteiger partial charge in [-0.05, 0) is 54.9 Å². The number of nitrogens with one attached hydrogen (secondary N) is 2. The quantitative estimate of drug-likeness (QED) is 0.849. The molecule has 2 aromatic carbocycles. The Morgan fingerprint density at radius 2 is 1.69 bits per heavy atom. The molecule has 0 spiro atoms. The van der Waals surface area contributed by atoms with Gasteiger partial charge < -0.3 is 15.4 Å². The summed E-state index contributed by atoms with van der Waals surface area (Å²) in [5, 5.41) is 6.47. The van der Waals surface area contributed by atoms with Crippen LogP contribution in [-0.4, -0.2) is 24.8 Å². The second kappa shape index (κ2) is 7.50. The minimum atomic E-state index is -0.336. The van der Waals surface area contributed by atoms with Gasteiger partial charge in [0, 0.05) is 12.1 Å². The number of rotatable bonds is 5. The van der Waals surface area contributed by atoms with Crippen molar-refractivity contribution in [1.29, 1.82) is 0 Å². The Bertz CT molecular complexity index is 755. The molecule has 2 aromatic rings. The molecule has 1 amide bonds. The molecule has 2 aliphatic heterocycles. The van der Waals surface area contributed by atoms with E-state index in [0.717, 1.165) is 12.0 Å². The number of aryl methyl sites for hydroxylation is 1. The van der Waals surface area contributed by atoms with Crippen LogP contribution in [0.25, 0.3) is 11.1 Å². The Labute approximate surface area is 155 Å². The van der Waals surface area contributed by atoms with Crippen molar-refractivity contribution in [3.8, 4) is 11.1 Å². The van der Waals surface area contributed by atoms with E-state index in [4.69, 9.17) is 4.74 Å². The Kier molecular flexibility index (Phi) is 4.93. The minimum absolute atomic E-state index is 0.0363. The molecule has 0 aromatic heterocycles. The zero-order valence-corrected chi connectivity index (χ0v) is 15.2. The van der Waals surface area contributed by atoms with Crippen LogP contribution in [0.3, 0.4) is 0 Å². The zero-order valence-electron chi connectivity index (χ0n) is 15.2. The average Bonchev–Trinajstić information content (AvgIpc) is 3.29. The van der Waals surface area contributed by atoms with Crippen molar-refractivity contribution in [2.45, 2.75) is 50.7 Å². The topological polar surface area (TPSA) is 50.4 Å². The first-order valence-electron chi connectivity index (χ1n) is 9.56. The number of carbonyl (C=O) groups is 1. The molecule has 2 N–H and O–H groups in total.